The molecule has 4 nitrogen and oxygen atoms in total. The Morgan fingerprint density at radius 2 is 2.13 bits per heavy atom. The predicted molar refractivity (Wildman–Crippen MR) is 58.8 cm³/mol. The minimum absolute atomic E-state index is 0.227. The van der Waals surface area contributed by atoms with Crippen LogP contribution in [0, 0.1) is 5.92 Å². The van der Waals surface area contributed by atoms with E-state index in [0.29, 0.717) is 12.0 Å². The molecular weight excluding hydrogens is 192 g/mol. The van der Waals surface area contributed by atoms with Crippen molar-refractivity contribution in [2.45, 2.75) is 25.4 Å². The monoisotopic (exact) mass is 214 g/mol. The van der Waals surface area contributed by atoms with Crippen LogP contribution in [0.2, 0.25) is 0 Å². The first-order valence-electron chi connectivity index (χ1n) is 5.96. The highest BCUT2D eigenvalue weighted by molar-refractivity contribution is 4.84. The molecule has 2 aliphatic rings. The maximum Gasteiger partial charge on any atom is 0.0622 e. The van der Waals surface area contributed by atoms with Gasteiger partial charge in [0.2, 0.25) is 0 Å². The Morgan fingerprint density at radius 3 is 2.80 bits per heavy atom. The smallest absolute Gasteiger partial charge is 0.0622 e. The summed E-state index contributed by atoms with van der Waals surface area (Å²) in [4.78, 5) is 2.52. The molecule has 0 amide bonds. The topological polar surface area (TPSA) is 47.7 Å². The zero-order valence-corrected chi connectivity index (χ0v) is 9.52. The fourth-order valence-corrected chi connectivity index (χ4v) is 2.41. The number of morpholine rings is 1. The van der Waals surface area contributed by atoms with Gasteiger partial charge in [-0.05, 0) is 6.42 Å². The molecular formula is C11H22N2O2. The first-order chi connectivity index (χ1) is 7.31. The third-order valence-electron chi connectivity index (χ3n) is 3.54. The fraction of sp³-hybridized carbons (Fsp3) is 1.00. The van der Waals surface area contributed by atoms with Crippen molar-refractivity contribution in [3.63, 3.8) is 0 Å². The molecule has 4 heteroatoms. The molecule has 2 fully saturated rings. The minimum Gasteiger partial charge on any atom is -0.379 e. The Kier molecular flexibility index (Phi) is 3.97. The van der Waals surface area contributed by atoms with Gasteiger partial charge in [-0.3, -0.25) is 4.90 Å². The van der Waals surface area contributed by atoms with Crippen LogP contribution in [0.4, 0.5) is 0 Å². The molecule has 15 heavy (non-hydrogen) atoms. The lowest BCUT2D eigenvalue weighted by atomic mass is 10.0. The summed E-state index contributed by atoms with van der Waals surface area (Å²) in [5.74, 6) is 0.511. The largest absolute Gasteiger partial charge is 0.379 e. The highest BCUT2D eigenvalue weighted by Crippen LogP contribution is 2.17. The van der Waals surface area contributed by atoms with E-state index in [1.54, 1.807) is 0 Å². The van der Waals surface area contributed by atoms with Gasteiger partial charge in [-0.1, -0.05) is 6.92 Å². The molecule has 88 valence electrons. The van der Waals surface area contributed by atoms with Crippen molar-refractivity contribution >= 4 is 0 Å². The Bertz CT molecular complexity index is 201. The highest BCUT2D eigenvalue weighted by atomic mass is 16.5. The quantitative estimate of drug-likeness (QED) is 0.722. The highest BCUT2D eigenvalue weighted by Gasteiger charge is 2.30. The zero-order chi connectivity index (χ0) is 10.7. The van der Waals surface area contributed by atoms with Crippen molar-refractivity contribution in [1.29, 1.82) is 0 Å². The zero-order valence-electron chi connectivity index (χ0n) is 9.52. The van der Waals surface area contributed by atoms with E-state index in [9.17, 15) is 0 Å². The van der Waals surface area contributed by atoms with Crippen LogP contribution in [0.15, 0.2) is 0 Å². The first kappa shape index (κ1) is 11.3. The van der Waals surface area contributed by atoms with Gasteiger partial charge in [-0.25, -0.2) is 0 Å². The van der Waals surface area contributed by atoms with Gasteiger partial charge in [0.25, 0.3) is 0 Å². The van der Waals surface area contributed by atoms with E-state index in [0.717, 1.165) is 45.9 Å². The molecule has 0 aromatic heterocycles. The van der Waals surface area contributed by atoms with E-state index >= 15 is 0 Å². The molecule has 2 N–H and O–H groups in total. The van der Waals surface area contributed by atoms with Crippen LogP contribution in [-0.2, 0) is 9.47 Å². The van der Waals surface area contributed by atoms with Gasteiger partial charge in [0.1, 0.15) is 0 Å². The molecule has 2 saturated heterocycles. The molecule has 0 aliphatic carbocycles. The summed E-state index contributed by atoms with van der Waals surface area (Å²) in [6.45, 7) is 7.63. The van der Waals surface area contributed by atoms with Crippen LogP contribution in [-0.4, -0.2) is 56.5 Å². The summed E-state index contributed by atoms with van der Waals surface area (Å²) in [5.41, 5.74) is 6.00. The number of ether oxygens (including phenoxy) is 2. The maximum atomic E-state index is 6.00. The molecule has 0 radical (unpaired) electrons. The van der Waals surface area contributed by atoms with Crippen molar-refractivity contribution in [2.75, 3.05) is 39.5 Å². The Hall–Kier alpha value is -0.160. The van der Waals surface area contributed by atoms with E-state index < -0.39 is 0 Å². The van der Waals surface area contributed by atoms with E-state index in [1.807, 2.05) is 0 Å². The van der Waals surface area contributed by atoms with Gasteiger partial charge in [-0.15, -0.1) is 0 Å². The molecule has 0 aromatic rings. The number of hydrogen-bond donors (Lipinski definition) is 1. The van der Waals surface area contributed by atoms with Crippen molar-refractivity contribution in [1.82, 2.24) is 4.90 Å². The maximum absolute atomic E-state index is 6.00. The Balaban J connectivity index is 1.85. The van der Waals surface area contributed by atoms with Crippen LogP contribution in [0.5, 0.6) is 0 Å². The molecule has 0 aromatic carbocycles. The Morgan fingerprint density at radius 1 is 1.27 bits per heavy atom. The van der Waals surface area contributed by atoms with Gasteiger partial charge >= 0.3 is 0 Å². The SMILES string of the molecule is CCC1COCCN1CC1COCC1N. The average Bonchev–Trinajstić information content (AvgIpc) is 2.65. The molecule has 3 atom stereocenters. The second kappa shape index (κ2) is 5.25. The van der Waals surface area contributed by atoms with Crippen molar-refractivity contribution < 1.29 is 9.47 Å². The van der Waals surface area contributed by atoms with Crippen LogP contribution >= 0.6 is 0 Å². The van der Waals surface area contributed by atoms with Crippen molar-refractivity contribution in [2.24, 2.45) is 11.7 Å². The van der Waals surface area contributed by atoms with Gasteiger partial charge in [0, 0.05) is 31.1 Å². The van der Waals surface area contributed by atoms with Crippen molar-refractivity contribution in [3.8, 4) is 0 Å². The van der Waals surface area contributed by atoms with E-state index in [-0.39, 0.29) is 6.04 Å². The lowest BCUT2D eigenvalue weighted by molar-refractivity contribution is -0.0164. The summed E-state index contributed by atoms with van der Waals surface area (Å²) in [6, 6.07) is 0.803. The molecule has 0 bridgehead atoms. The second-order valence-corrected chi connectivity index (χ2v) is 4.59. The molecule has 0 saturated carbocycles. The van der Waals surface area contributed by atoms with Gasteiger partial charge in [-0.2, -0.15) is 0 Å². The van der Waals surface area contributed by atoms with Gasteiger partial charge < -0.3 is 15.2 Å². The van der Waals surface area contributed by atoms with Crippen LogP contribution in [0.3, 0.4) is 0 Å². The minimum atomic E-state index is 0.227. The van der Waals surface area contributed by atoms with E-state index in [4.69, 9.17) is 15.2 Å². The predicted octanol–water partition coefficient (Wildman–Crippen LogP) is 0.0709. The fourth-order valence-electron chi connectivity index (χ4n) is 2.41. The number of hydrogen-bond acceptors (Lipinski definition) is 4. The number of rotatable bonds is 3. The molecule has 3 unspecified atom stereocenters. The first-order valence-corrected chi connectivity index (χ1v) is 5.96. The summed E-state index contributed by atoms with van der Waals surface area (Å²) in [6.07, 6.45) is 1.16. The van der Waals surface area contributed by atoms with Gasteiger partial charge in [0.15, 0.2) is 0 Å². The molecule has 2 heterocycles. The normalized spacial score (nSPS) is 38.4. The second-order valence-electron chi connectivity index (χ2n) is 4.59. The number of nitrogens with two attached hydrogens (primary N) is 1. The van der Waals surface area contributed by atoms with E-state index in [1.165, 1.54) is 0 Å². The molecule has 0 spiro atoms. The third kappa shape index (κ3) is 2.69. The lowest BCUT2D eigenvalue weighted by Gasteiger charge is -2.36. The molecule has 2 rings (SSSR count). The van der Waals surface area contributed by atoms with Crippen LogP contribution in [0.1, 0.15) is 13.3 Å². The summed E-state index contributed by atoms with van der Waals surface area (Å²) in [7, 11) is 0. The van der Waals surface area contributed by atoms with Crippen LogP contribution < -0.4 is 5.73 Å². The van der Waals surface area contributed by atoms with Crippen molar-refractivity contribution in [3.05, 3.63) is 0 Å². The van der Waals surface area contributed by atoms with E-state index in [2.05, 4.69) is 11.8 Å². The average molecular weight is 214 g/mol. The van der Waals surface area contributed by atoms with Crippen LogP contribution in [0.25, 0.3) is 0 Å². The summed E-state index contributed by atoms with van der Waals surface area (Å²) >= 11 is 0. The molecule has 2 aliphatic heterocycles. The van der Waals surface area contributed by atoms with Gasteiger partial charge in [0.05, 0.1) is 26.4 Å². The third-order valence-corrected chi connectivity index (χ3v) is 3.54. The Labute approximate surface area is 91.7 Å². The number of nitrogens with zero attached hydrogens (tertiary/aromatic N) is 1. The lowest BCUT2D eigenvalue weighted by Crippen LogP contribution is -2.49. The summed E-state index contributed by atoms with van der Waals surface area (Å²) < 4.78 is 10.9. The summed E-state index contributed by atoms with van der Waals surface area (Å²) in [5, 5.41) is 0. The standard InChI is InChI=1S/C11H22N2O2/c1-2-10-7-14-4-3-13(10)5-9-6-15-8-11(9)12/h9-11H,2-8,12H2,1H3.